The molecule has 13 atom stereocenters. The molecule has 5 rings (SSSR count). The summed E-state index contributed by atoms with van der Waals surface area (Å²) < 4.78 is 5.22. The molecule has 0 radical (unpaired) electrons. The minimum absolute atomic E-state index is 0.0636. The second-order valence-electron chi connectivity index (χ2n) is 15.0. The van der Waals surface area contributed by atoms with Gasteiger partial charge in [-0.25, -0.2) is 0 Å². The molecule has 6 nitrogen and oxygen atoms in total. The Morgan fingerprint density at radius 1 is 0.919 bits per heavy atom. The van der Waals surface area contributed by atoms with Crippen molar-refractivity contribution in [2.75, 3.05) is 7.11 Å². The first-order chi connectivity index (χ1) is 17.1. The fraction of sp³-hybridized carbons (Fsp3) is 0.903. The molecular weight excluding hydrogens is 468 g/mol. The second-order valence-corrected chi connectivity index (χ2v) is 15.0. The fourth-order valence-electron chi connectivity index (χ4n) is 11.3. The second kappa shape index (κ2) is 8.20. The molecule has 5 aliphatic rings. The van der Waals surface area contributed by atoms with E-state index < -0.39 is 45.9 Å². The molecule has 0 heterocycles. The maximum atomic E-state index is 13.1. The molecule has 4 saturated carbocycles. The van der Waals surface area contributed by atoms with Gasteiger partial charge in [0.25, 0.3) is 0 Å². The van der Waals surface area contributed by atoms with Crippen LogP contribution in [0.15, 0.2) is 11.3 Å². The monoisotopic (exact) mass is 518 g/mol. The summed E-state index contributed by atoms with van der Waals surface area (Å²) in [5.74, 6) is 0.0457. The highest BCUT2D eigenvalue weighted by atomic mass is 16.5. The SMILES string of the molecule is COC(=O)C1(C)C(O)CCC2(C)C1CCC1(C)C2C(O)C(O)=C2C3C(C)C(C)CCC3(C)CC(O)C21C. The van der Waals surface area contributed by atoms with E-state index in [1.165, 1.54) is 7.11 Å². The maximum Gasteiger partial charge on any atom is 0.314 e. The number of aliphatic hydroxyl groups is 4. The number of hydrogen-bond acceptors (Lipinski definition) is 6. The number of esters is 1. The van der Waals surface area contributed by atoms with E-state index in [0.29, 0.717) is 43.9 Å². The van der Waals surface area contributed by atoms with Crippen molar-refractivity contribution >= 4 is 5.97 Å². The smallest absolute Gasteiger partial charge is 0.314 e. The quantitative estimate of drug-likeness (QED) is 0.364. The van der Waals surface area contributed by atoms with Gasteiger partial charge in [-0.15, -0.1) is 0 Å². The average molecular weight is 519 g/mol. The third-order valence-corrected chi connectivity index (χ3v) is 13.7. The first-order valence-corrected chi connectivity index (χ1v) is 14.6. The van der Waals surface area contributed by atoms with E-state index in [-0.39, 0.29) is 28.9 Å². The molecule has 5 aliphatic carbocycles. The van der Waals surface area contributed by atoms with Gasteiger partial charge in [0.1, 0.15) is 11.9 Å². The van der Waals surface area contributed by atoms with E-state index in [4.69, 9.17) is 4.74 Å². The standard InChI is InChI=1S/C31H50O6/c1-16-9-12-27(3)15-20(33)31(7)22(21(27)17(16)2)23(34)24(35)25-28(4)13-11-19(32)30(6,26(36)37-8)18(28)10-14-29(25,31)5/h16-21,24-25,32-35H,9-15H2,1-8H3. The van der Waals surface area contributed by atoms with Gasteiger partial charge in [0.2, 0.25) is 0 Å². The highest BCUT2D eigenvalue weighted by molar-refractivity contribution is 5.78. The van der Waals surface area contributed by atoms with Crippen molar-refractivity contribution in [3.63, 3.8) is 0 Å². The van der Waals surface area contributed by atoms with E-state index in [1.54, 1.807) is 0 Å². The summed E-state index contributed by atoms with van der Waals surface area (Å²) in [7, 11) is 1.37. The molecule has 4 fully saturated rings. The van der Waals surface area contributed by atoms with Gasteiger partial charge in [-0.3, -0.25) is 4.79 Å². The molecule has 4 N–H and O–H groups in total. The lowest BCUT2D eigenvalue weighted by atomic mass is 9.32. The summed E-state index contributed by atoms with van der Waals surface area (Å²) in [6.45, 7) is 15.2. The number of carbonyl (C=O) groups excluding carboxylic acids is 1. The summed E-state index contributed by atoms with van der Waals surface area (Å²) in [5.41, 5.74) is -2.00. The zero-order valence-corrected chi connectivity index (χ0v) is 24.2. The Kier molecular flexibility index (Phi) is 6.09. The van der Waals surface area contributed by atoms with Crippen LogP contribution < -0.4 is 0 Å². The Balaban J connectivity index is 1.71. The predicted octanol–water partition coefficient (Wildman–Crippen LogP) is 5.01. The fourth-order valence-corrected chi connectivity index (χ4v) is 11.3. The van der Waals surface area contributed by atoms with Gasteiger partial charge in [0.15, 0.2) is 0 Å². The van der Waals surface area contributed by atoms with Gasteiger partial charge in [-0.1, -0.05) is 41.5 Å². The number of aliphatic hydroxyl groups excluding tert-OH is 4. The van der Waals surface area contributed by atoms with Gasteiger partial charge < -0.3 is 25.2 Å². The van der Waals surface area contributed by atoms with Gasteiger partial charge >= 0.3 is 5.97 Å². The Morgan fingerprint density at radius 3 is 2.19 bits per heavy atom. The Labute approximate surface area is 222 Å². The molecule has 13 unspecified atom stereocenters. The van der Waals surface area contributed by atoms with Crippen molar-refractivity contribution in [3.8, 4) is 0 Å². The zero-order valence-electron chi connectivity index (χ0n) is 24.2. The van der Waals surface area contributed by atoms with Crippen molar-refractivity contribution in [3.05, 3.63) is 11.3 Å². The van der Waals surface area contributed by atoms with Gasteiger partial charge in [-0.05, 0) is 97.4 Å². The Morgan fingerprint density at radius 2 is 1.57 bits per heavy atom. The number of ether oxygens (including phenoxy) is 1. The van der Waals surface area contributed by atoms with E-state index in [2.05, 4.69) is 41.5 Å². The van der Waals surface area contributed by atoms with Crippen LogP contribution >= 0.6 is 0 Å². The lowest BCUT2D eigenvalue weighted by molar-refractivity contribution is -0.254. The van der Waals surface area contributed by atoms with Crippen LogP contribution in [-0.4, -0.2) is 51.8 Å². The van der Waals surface area contributed by atoms with Crippen LogP contribution in [0.3, 0.4) is 0 Å². The van der Waals surface area contributed by atoms with E-state index >= 15 is 0 Å². The molecule has 0 bridgehead atoms. The van der Waals surface area contributed by atoms with Crippen LogP contribution in [0.4, 0.5) is 0 Å². The number of methoxy groups -OCH3 is 1. The van der Waals surface area contributed by atoms with Crippen LogP contribution in [0.5, 0.6) is 0 Å². The number of fused-ring (bicyclic) bond motifs is 7. The lowest BCUT2D eigenvalue weighted by Gasteiger charge is -2.72. The van der Waals surface area contributed by atoms with Crippen molar-refractivity contribution < 1.29 is 30.0 Å². The molecule has 0 aromatic rings. The average Bonchev–Trinajstić information content (AvgIpc) is 2.83. The third kappa shape index (κ3) is 3.07. The first kappa shape index (κ1) is 27.5. The largest absolute Gasteiger partial charge is 0.510 e. The predicted molar refractivity (Wildman–Crippen MR) is 141 cm³/mol. The highest BCUT2D eigenvalue weighted by Crippen LogP contribution is 2.76. The van der Waals surface area contributed by atoms with E-state index in [0.717, 1.165) is 18.4 Å². The van der Waals surface area contributed by atoms with Crippen LogP contribution in [0.1, 0.15) is 93.4 Å². The molecule has 37 heavy (non-hydrogen) atoms. The molecule has 6 heteroatoms. The molecule has 0 aliphatic heterocycles. The first-order valence-electron chi connectivity index (χ1n) is 14.6. The number of hydrogen-bond donors (Lipinski definition) is 4. The summed E-state index contributed by atoms with van der Waals surface area (Å²) in [4.78, 5) is 13.1. The van der Waals surface area contributed by atoms with Crippen LogP contribution in [0.2, 0.25) is 0 Å². The summed E-state index contributed by atoms with van der Waals surface area (Å²) in [5, 5.41) is 47.2. The topological polar surface area (TPSA) is 107 Å². The van der Waals surface area contributed by atoms with E-state index in [9.17, 15) is 25.2 Å². The normalized spacial score (nSPS) is 57.5. The zero-order chi connectivity index (χ0) is 27.5. The third-order valence-electron chi connectivity index (χ3n) is 13.7. The molecule has 0 saturated heterocycles. The molecule has 0 aromatic heterocycles. The molecule has 0 spiro atoms. The highest BCUT2D eigenvalue weighted by Gasteiger charge is 2.74. The minimum atomic E-state index is -1.08. The van der Waals surface area contributed by atoms with Gasteiger partial charge in [0, 0.05) is 11.3 Å². The molecular formula is C31H50O6. The van der Waals surface area contributed by atoms with Crippen LogP contribution in [0.25, 0.3) is 0 Å². The van der Waals surface area contributed by atoms with Crippen molar-refractivity contribution in [2.45, 2.75) is 112 Å². The molecule has 210 valence electrons. The minimum Gasteiger partial charge on any atom is -0.510 e. The van der Waals surface area contributed by atoms with E-state index in [1.807, 2.05) is 6.92 Å². The number of carbonyl (C=O) groups is 1. The summed E-state index contributed by atoms with van der Waals surface area (Å²) >= 11 is 0. The van der Waals surface area contributed by atoms with Crippen LogP contribution in [-0.2, 0) is 9.53 Å². The van der Waals surface area contributed by atoms with Crippen molar-refractivity contribution in [2.24, 2.45) is 56.7 Å². The summed E-state index contributed by atoms with van der Waals surface area (Å²) in [6.07, 6.45) is 2.78. The molecule has 0 amide bonds. The van der Waals surface area contributed by atoms with Crippen LogP contribution in [0, 0.1) is 56.7 Å². The maximum absolute atomic E-state index is 13.1. The van der Waals surface area contributed by atoms with Gasteiger partial charge in [0.05, 0.1) is 24.7 Å². The lowest BCUT2D eigenvalue weighted by Crippen LogP contribution is -2.71. The Bertz CT molecular complexity index is 1010. The molecule has 0 aromatic carbocycles. The van der Waals surface area contributed by atoms with Crippen molar-refractivity contribution in [1.82, 2.24) is 0 Å². The Hall–Kier alpha value is -1.11. The summed E-state index contributed by atoms with van der Waals surface area (Å²) in [6, 6.07) is 0. The van der Waals surface area contributed by atoms with Gasteiger partial charge in [-0.2, -0.15) is 0 Å². The van der Waals surface area contributed by atoms with Crippen molar-refractivity contribution in [1.29, 1.82) is 0 Å². The number of rotatable bonds is 1.